The number of nitrogens with zero attached hydrogens (tertiary/aromatic N) is 2. The smallest absolute Gasteiger partial charge is 0.221 e. The summed E-state index contributed by atoms with van der Waals surface area (Å²) in [6.45, 7) is 5.62. The number of fused-ring (bicyclic) bond motifs is 1. The lowest BCUT2D eigenvalue weighted by atomic mass is 10.1. The predicted molar refractivity (Wildman–Crippen MR) is 116 cm³/mol. The summed E-state index contributed by atoms with van der Waals surface area (Å²) in [6, 6.07) is 14.8. The molecule has 6 heteroatoms. The Labute approximate surface area is 169 Å². The third kappa shape index (κ3) is 4.95. The van der Waals surface area contributed by atoms with Gasteiger partial charge in [0.2, 0.25) is 5.91 Å². The molecule has 1 aliphatic rings. The number of aromatic nitrogens is 1. The number of pyridine rings is 1. The second-order valence-corrected chi connectivity index (χ2v) is 8.46. The van der Waals surface area contributed by atoms with E-state index in [4.69, 9.17) is 4.98 Å². The quantitative estimate of drug-likeness (QED) is 0.663. The second-order valence-electron chi connectivity index (χ2n) is 7.43. The highest BCUT2D eigenvalue weighted by Gasteiger charge is 2.19. The SMILES string of the molecule is CC(=O)Nc1ccc2nc(CNC3CCCN(Cc4cccs4)C3)ccc2c1. The second kappa shape index (κ2) is 8.82. The van der Waals surface area contributed by atoms with Crippen LogP contribution in [0, 0.1) is 0 Å². The number of carbonyl (C=O) groups is 1. The Hall–Kier alpha value is -2.28. The van der Waals surface area contributed by atoms with Crippen molar-refractivity contribution < 1.29 is 4.79 Å². The normalized spacial score (nSPS) is 17.7. The van der Waals surface area contributed by atoms with Crippen LogP contribution in [0.4, 0.5) is 5.69 Å². The summed E-state index contributed by atoms with van der Waals surface area (Å²) in [5, 5.41) is 9.70. The van der Waals surface area contributed by atoms with Crippen LogP contribution in [-0.2, 0) is 17.9 Å². The number of piperidine rings is 1. The minimum absolute atomic E-state index is 0.0614. The zero-order valence-corrected chi connectivity index (χ0v) is 17.0. The van der Waals surface area contributed by atoms with Gasteiger partial charge in [0, 0.05) is 48.6 Å². The van der Waals surface area contributed by atoms with E-state index >= 15 is 0 Å². The van der Waals surface area contributed by atoms with Gasteiger partial charge in [-0.15, -0.1) is 11.3 Å². The molecule has 1 aliphatic heterocycles. The van der Waals surface area contributed by atoms with Gasteiger partial charge in [-0.2, -0.15) is 0 Å². The maximum absolute atomic E-state index is 11.2. The van der Waals surface area contributed by atoms with E-state index in [0.29, 0.717) is 6.04 Å². The number of thiophene rings is 1. The van der Waals surface area contributed by atoms with Crippen molar-refractivity contribution in [2.24, 2.45) is 0 Å². The van der Waals surface area contributed by atoms with Gasteiger partial charge in [-0.05, 0) is 55.1 Å². The van der Waals surface area contributed by atoms with Gasteiger partial charge in [-0.1, -0.05) is 12.1 Å². The molecule has 4 rings (SSSR count). The largest absolute Gasteiger partial charge is 0.326 e. The summed E-state index contributed by atoms with van der Waals surface area (Å²) < 4.78 is 0. The summed E-state index contributed by atoms with van der Waals surface area (Å²) in [5.74, 6) is -0.0614. The summed E-state index contributed by atoms with van der Waals surface area (Å²) in [6.07, 6.45) is 2.45. The molecule has 1 unspecified atom stereocenters. The first-order valence-corrected chi connectivity index (χ1v) is 10.7. The average Bonchev–Trinajstić information content (AvgIpc) is 3.19. The third-order valence-corrected chi connectivity index (χ3v) is 5.97. The molecular weight excluding hydrogens is 368 g/mol. The van der Waals surface area contributed by atoms with Crippen molar-refractivity contribution in [1.29, 1.82) is 0 Å². The Morgan fingerprint density at radius 3 is 3.04 bits per heavy atom. The Balaban J connectivity index is 1.34. The molecule has 0 radical (unpaired) electrons. The number of nitrogens with one attached hydrogen (secondary N) is 2. The van der Waals surface area contributed by atoms with E-state index in [1.807, 2.05) is 29.5 Å². The number of hydrogen-bond donors (Lipinski definition) is 2. The van der Waals surface area contributed by atoms with Crippen LogP contribution >= 0.6 is 11.3 Å². The lowest BCUT2D eigenvalue weighted by Gasteiger charge is -2.33. The van der Waals surface area contributed by atoms with Crippen LogP contribution in [0.2, 0.25) is 0 Å². The molecule has 3 aromatic rings. The molecule has 1 aromatic carbocycles. The molecule has 5 nitrogen and oxygen atoms in total. The van der Waals surface area contributed by atoms with Gasteiger partial charge in [-0.25, -0.2) is 0 Å². The van der Waals surface area contributed by atoms with Gasteiger partial charge in [0.25, 0.3) is 0 Å². The van der Waals surface area contributed by atoms with Gasteiger partial charge in [0.15, 0.2) is 0 Å². The average molecular weight is 395 g/mol. The third-order valence-electron chi connectivity index (χ3n) is 5.10. The number of hydrogen-bond acceptors (Lipinski definition) is 5. The first kappa shape index (κ1) is 19.1. The van der Waals surface area contributed by atoms with Crippen molar-refractivity contribution in [2.75, 3.05) is 18.4 Å². The Morgan fingerprint density at radius 1 is 1.29 bits per heavy atom. The lowest BCUT2D eigenvalue weighted by molar-refractivity contribution is -0.114. The molecule has 0 saturated carbocycles. The standard InChI is InChI=1S/C22H26N4OS/c1-16(27)24-18-8-9-22-17(12-18)6-7-19(25-22)13-23-20-4-2-10-26(14-20)15-21-5-3-11-28-21/h3,5-9,11-12,20,23H,2,4,10,13-15H2,1H3,(H,24,27). The van der Waals surface area contributed by atoms with Crippen molar-refractivity contribution in [3.63, 3.8) is 0 Å². The molecular formula is C22H26N4OS. The first-order valence-electron chi connectivity index (χ1n) is 9.81. The fourth-order valence-electron chi connectivity index (χ4n) is 3.78. The molecule has 1 fully saturated rings. The van der Waals surface area contributed by atoms with E-state index in [1.54, 1.807) is 0 Å². The number of benzene rings is 1. The van der Waals surface area contributed by atoms with Crippen LogP contribution in [0.3, 0.4) is 0 Å². The molecule has 0 spiro atoms. The van der Waals surface area contributed by atoms with E-state index in [2.05, 4.69) is 45.2 Å². The maximum Gasteiger partial charge on any atom is 0.221 e. The van der Waals surface area contributed by atoms with Gasteiger partial charge in [0.1, 0.15) is 0 Å². The molecule has 1 saturated heterocycles. The predicted octanol–water partition coefficient (Wildman–Crippen LogP) is 4.01. The van der Waals surface area contributed by atoms with E-state index in [9.17, 15) is 4.79 Å². The van der Waals surface area contributed by atoms with Crippen molar-refractivity contribution in [1.82, 2.24) is 15.2 Å². The van der Waals surface area contributed by atoms with Gasteiger partial charge >= 0.3 is 0 Å². The summed E-state index contributed by atoms with van der Waals surface area (Å²) >= 11 is 1.84. The number of rotatable bonds is 6. The van der Waals surface area contributed by atoms with Gasteiger partial charge < -0.3 is 10.6 Å². The lowest BCUT2D eigenvalue weighted by Crippen LogP contribution is -2.45. The van der Waals surface area contributed by atoms with Crippen LogP contribution < -0.4 is 10.6 Å². The van der Waals surface area contributed by atoms with Crippen LogP contribution in [0.15, 0.2) is 47.8 Å². The summed E-state index contributed by atoms with van der Waals surface area (Å²) in [5.41, 5.74) is 2.81. The van der Waals surface area contributed by atoms with Gasteiger partial charge in [0.05, 0.1) is 11.2 Å². The van der Waals surface area contributed by atoms with Crippen LogP contribution in [-0.4, -0.2) is 34.9 Å². The highest BCUT2D eigenvalue weighted by atomic mass is 32.1. The molecule has 0 bridgehead atoms. The van der Waals surface area contributed by atoms with Crippen LogP contribution in [0.1, 0.15) is 30.3 Å². The topological polar surface area (TPSA) is 57.3 Å². The fourth-order valence-corrected chi connectivity index (χ4v) is 4.53. The van der Waals surface area contributed by atoms with E-state index in [0.717, 1.165) is 41.9 Å². The minimum atomic E-state index is -0.0614. The summed E-state index contributed by atoms with van der Waals surface area (Å²) in [7, 11) is 0. The highest BCUT2D eigenvalue weighted by molar-refractivity contribution is 7.09. The minimum Gasteiger partial charge on any atom is -0.326 e. The van der Waals surface area contributed by atoms with E-state index < -0.39 is 0 Å². The number of likely N-dealkylation sites (tertiary alicyclic amines) is 1. The highest BCUT2D eigenvalue weighted by Crippen LogP contribution is 2.19. The molecule has 2 N–H and O–H groups in total. The van der Waals surface area contributed by atoms with Crippen molar-refractivity contribution in [2.45, 2.75) is 38.9 Å². The monoisotopic (exact) mass is 394 g/mol. The van der Waals surface area contributed by atoms with E-state index in [-0.39, 0.29) is 5.91 Å². The molecule has 28 heavy (non-hydrogen) atoms. The van der Waals surface area contributed by atoms with Crippen LogP contribution in [0.25, 0.3) is 10.9 Å². The Bertz CT molecular complexity index is 941. The van der Waals surface area contributed by atoms with Crippen molar-refractivity contribution in [3.8, 4) is 0 Å². The zero-order chi connectivity index (χ0) is 19.3. The molecule has 0 aliphatic carbocycles. The molecule has 2 aromatic heterocycles. The number of carbonyl (C=O) groups excluding carboxylic acids is 1. The summed E-state index contributed by atoms with van der Waals surface area (Å²) in [4.78, 5) is 20.0. The number of anilines is 1. The number of amides is 1. The fraction of sp³-hybridized carbons (Fsp3) is 0.364. The van der Waals surface area contributed by atoms with Gasteiger partial charge in [-0.3, -0.25) is 14.7 Å². The van der Waals surface area contributed by atoms with Crippen molar-refractivity contribution in [3.05, 3.63) is 58.4 Å². The zero-order valence-electron chi connectivity index (χ0n) is 16.1. The molecule has 1 amide bonds. The van der Waals surface area contributed by atoms with Crippen LogP contribution in [0.5, 0.6) is 0 Å². The van der Waals surface area contributed by atoms with Crippen molar-refractivity contribution >= 4 is 33.8 Å². The first-order chi connectivity index (χ1) is 13.7. The maximum atomic E-state index is 11.2. The Kier molecular flexibility index (Phi) is 6.00. The molecule has 1 atom stereocenters. The van der Waals surface area contributed by atoms with E-state index in [1.165, 1.54) is 31.2 Å². The molecule has 3 heterocycles. The molecule has 146 valence electrons. The Morgan fingerprint density at radius 2 is 2.21 bits per heavy atom.